The molecule has 1 aliphatic heterocycles. The summed E-state index contributed by atoms with van der Waals surface area (Å²) in [6, 6.07) is 0.456. The molecule has 0 aromatic rings. The van der Waals surface area contributed by atoms with Crippen LogP contribution < -0.4 is 5.73 Å². The number of carbonyl (C=O) groups is 1. The van der Waals surface area contributed by atoms with Crippen molar-refractivity contribution in [2.45, 2.75) is 32.7 Å². The first-order chi connectivity index (χ1) is 6.69. The smallest absolute Gasteiger partial charge is 0.319 e. The van der Waals surface area contributed by atoms with Gasteiger partial charge < -0.3 is 15.5 Å². The first-order valence-electron chi connectivity index (χ1n) is 5.48. The molecule has 2 amide bonds. The molecule has 1 fully saturated rings. The lowest BCUT2D eigenvalue weighted by atomic mass is 10.1. The van der Waals surface area contributed by atoms with E-state index in [1.54, 1.807) is 0 Å². The summed E-state index contributed by atoms with van der Waals surface area (Å²) < 4.78 is 0. The summed E-state index contributed by atoms with van der Waals surface area (Å²) >= 11 is 0. The summed E-state index contributed by atoms with van der Waals surface area (Å²) in [5.74, 6) is 0. The van der Waals surface area contributed by atoms with Gasteiger partial charge in [0.25, 0.3) is 0 Å². The van der Waals surface area contributed by atoms with Crippen molar-refractivity contribution in [3.05, 3.63) is 0 Å². The summed E-state index contributed by atoms with van der Waals surface area (Å²) in [5, 5.41) is 0. The largest absolute Gasteiger partial charge is 0.328 e. The Kier molecular flexibility index (Phi) is 6.68. The number of likely N-dealkylation sites (tertiary alicyclic amines) is 1. The monoisotopic (exact) mass is 235 g/mol. The number of rotatable bonds is 2. The SMILES string of the molecule is CCN(CC)C(=O)N1CCC(N)CC1.Cl. The number of urea groups is 1. The highest BCUT2D eigenvalue weighted by Crippen LogP contribution is 2.10. The molecule has 0 spiro atoms. The zero-order chi connectivity index (χ0) is 10.6. The van der Waals surface area contributed by atoms with E-state index in [0.29, 0.717) is 0 Å². The average Bonchev–Trinajstić information content (AvgIpc) is 2.20. The lowest BCUT2D eigenvalue weighted by molar-refractivity contribution is 0.144. The quantitative estimate of drug-likeness (QED) is 0.784. The van der Waals surface area contributed by atoms with Crippen LogP contribution in [0.25, 0.3) is 0 Å². The van der Waals surface area contributed by atoms with Crippen molar-refractivity contribution < 1.29 is 4.79 Å². The van der Waals surface area contributed by atoms with Gasteiger partial charge in [-0.1, -0.05) is 0 Å². The Bertz CT molecular complexity index is 189. The Morgan fingerprint density at radius 1 is 1.33 bits per heavy atom. The second-order valence-corrected chi connectivity index (χ2v) is 3.78. The van der Waals surface area contributed by atoms with Crippen molar-refractivity contribution in [3.63, 3.8) is 0 Å². The van der Waals surface area contributed by atoms with Crippen LogP contribution in [0.2, 0.25) is 0 Å². The summed E-state index contributed by atoms with van der Waals surface area (Å²) in [5.41, 5.74) is 5.79. The molecule has 1 saturated heterocycles. The summed E-state index contributed by atoms with van der Waals surface area (Å²) in [6.45, 7) is 7.23. The Labute approximate surface area is 98.2 Å². The van der Waals surface area contributed by atoms with E-state index in [1.807, 2.05) is 23.6 Å². The second kappa shape index (κ2) is 6.90. The van der Waals surface area contributed by atoms with Crippen LogP contribution in [-0.4, -0.2) is 48.1 Å². The first-order valence-corrected chi connectivity index (χ1v) is 5.48. The molecule has 0 aliphatic carbocycles. The molecule has 15 heavy (non-hydrogen) atoms. The molecule has 0 radical (unpaired) electrons. The minimum atomic E-state index is 0. The standard InChI is InChI=1S/C10H21N3O.ClH/c1-3-12(4-2)10(14)13-7-5-9(11)6-8-13;/h9H,3-8,11H2,1-2H3;1H. The molecule has 1 rings (SSSR count). The molecule has 0 saturated carbocycles. The predicted molar refractivity (Wildman–Crippen MR) is 64.3 cm³/mol. The summed E-state index contributed by atoms with van der Waals surface area (Å²) in [7, 11) is 0. The Hall–Kier alpha value is -0.480. The van der Waals surface area contributed by atoms with Gasteiger partial charge in [-0.05, 0) is 26.7 Å². The highest BCUT2D eigenvalue weighted by molar-refractivity contribution is 5.85. The van der Waals surface area contributed by atoms with E-state index >= 15 is 0 Å². The van der Waals surface area contributed by atoms with Crippen molar-refractivity contribution in [2.75, 3.05) is 26.2 Å². The molecule has 0 aromatic carbocycles. The predicted octanol–water partition coefficient (Wildman–Crippen LogP) is 1.29. The normalized spacial score (nSPS) is 17.1. The fourth-order valence-electron chi connectivity index (χ4n) is 1.78. The molecule has 1 aliphatic rings. The van der Waals surface area contributed by atoms with E-state index < -0.39 is 0 Å². The van der Waals surface area contributed by atoms with Gasteiger partial charge in [-0.2, -0.15) is 0 Å². The maximum Gasteiger partial charge on any atom is 0.319 e. The topological polar surface area (TPSA) is 49.6 Å². The van der Waals surface area contributed by atoms with E-state index in [0.717, 1.165) is 39.0 Å². The molecular weight excluding hydrogens is 214 g/mol. The van der Waals surface area contributed by atoms with Crippen LogP contribution in [0.15, 0.2) is 0 Å². The number of amides is 2. The molecular formula is C10H22ClN3O. The van der Waals surface area contributed by atoms with Gasteiger partial charge in [0.05, 0.1) is 0 Å². The van der Waals surface area contributed by atoms with Crippen LogP contribution in [0.3, 0.4) is 0 Å². The minimum Gasteiger partial charge on any atom is -0.328 e. The number of carbonyl (C=O) groups excluding carboxylic acids is 1. The molecule has 2 N–H and O–H groups in total. The maximum atomic E-state index is 11.9. The van der Waals surface area contributed by atoms with Crippen molar-refractivity contribution in [1.29, 1.82) is 0 Å². The number of nitrogens with zero attached hydrogens (tertiary/aromatic N) is 2. The first kappa shape index (κ1) is 14.5. The number of hydrogen-bond donors (Lipinski definition) is 1. The van der Waals surface area contributed by atoms with Gasteiger partial charge in [-0.15, -0.1) is 12.4 Å². The highest BCUT2D eigenvalue weighted by atomic mass is 35.5. The zero-order valence-electron chi connectivity index (χ0n) is 9.61. The summed E-state index contributed by atoms with van der Waals surface area (Å²) in [4.78, 5) is 15.6. The molecule has 90 valence electrons. The number of piperidine rings is 1. The van der Waals surface area contributed by atoms with Crippen molar-refractivity contribution in [1.82, 2.24) is 9.80 Å². The molecule has 0 atom stereocenters. The second-order valence-electron chi connectivity index (χ2n) is 3.78. The third-order valence-electron chi connectivity index (χ3n) is 2.84. The van der Waals surface area contributed by atoms with Gasteiger partial charge in [-0.3, -0.25) is 0 Å². The zero-order valence-corrected chi connectivity index (χ0v) is 10.4. The fourth-order valence-corrected chi connectivity index (χ4v) is 1.78. The van der Waals surface area contributed by atoms with Crippen LogP contribution in [-0.2, 0) is 0 Å². The summed E-state index contributed by atoms with van der Waals surface area (Å²) in [6.07, 6.45) is 1.88. The molecule has 0 aromatic heterocycles. The van der Waals surface area contributed by atoms with Gasteiger partial charge in [0.1, 0.15) is 0 Å². The van der Waals surface area contributed by atoms with E-state index in [2.05, 4.69) is 0 Å². The number of hydrogen-bond acceptors (Lipinski definition) is 2. The maximum absolute atomic E-state index is 11.9. The minimum absolute atomic E-state index is 0. The van der Waals surface area contributed by atoms with E-state index in [1.165, 1.54) is 0 Å². The van der Waals surface area contributed by atoms with Crippen molar-refractivity contribution >= 4 is 18.4 Å². The lowest BCUT2D eigenvalue weighted by Gasteiger charge is -2.34. The van der Waals surface area contributed by atoms with Crippen LogP contribution in [0, 0.1) is 0 Å². The molecule has 0 bridgehead atoms. The van der Waals surface area contributed by atoms with Crippen LogP contribution in [0.5, 0.6) is 0 Å². The van der Waals surface area contributed by atoms with Gasteiger partial charge in [0.2, 0.25) is 0 Å². The van der Waals surface area contributed by atoms with Crippen LogP contribution in [0.1, 0.15) is 26.7 Å². The average molecular weight is 236 g/mol. The van der Waals surface area contributed by atoms with Crippen molar-refractivity contribution in [2.24, 2.45) is 5.73 Å². The lowest BCUT2D eigenvalue weighted by Crippen LogP contribution is -2.48. The van der Waals surface area contributed by atoms with E-state index in [4.69, 9.17) is 5.73 Å². The van der Waals surface area contributed by atoms with E-state index in [-0.39, 0.29) is 24.5 Å². The fraction of sp³-hybridized carbons (Fsp3) is 0.900. The third-order valence-corrected chi connectivity index (χ3v) is 2.84. The van der Waals surface area contributed by atoms with Crippen LogP contribution >= 0.6 is 12.4 Å². The molecule has 0 unspecified atom stereocenters. The number of halogens is 1. The third kappa shape index (κ3) is 3.87. The Morgan fingerprint density at radius 2 is 1.80 bits per heavy atom. The molecule has 4 nitrogen and oxygen atoms in total. The van der Waals surface area contributed by atoms with Crippen molar-refractivity contribution in [3.8, 4) is 0 Å². The van der Waals surface area contributed by atoms with E-state index in [9.17, 15) is 4.79 Å². The molecule has 5 heteroatoms. The van der Waals surface area contributed by atoms with Gasteiger partial charge in [0.15, 0.2) is 0 Å². The highest BCUT2D eigenvalue weighted by Gasteiger charge is 2.23. The van der Waals surface area contributed by atoms with Gasteiger partial charge >= 0.3 is 6.03 Å². The molecule has 1 heterocycles. The van der Waals surface area contributed by atoms with Gasteiger partial charge in [-0.25, -0.2) is 4.79 Å². The van der Waals surface area contributed by atoms with Crippen LogP contribution in [0.4, 0.5) is 4.79 Å². The van der Waals surface area contributed by atoms with Gasteiger partial charge in [0, 0.05) is 32.2 Å². The Balaban J connectivity index is 0.00000196. The Morgan fingerprint density at radius 3 is 2.20 bits per heavy atom. The number of nitrogens with two attached hydrogens (primary N) is 1.